The van der Waals surface area contributed by atoms with Crippen LogP contribution in [0.2, 0.25) is 10.0 Å². The summed E-state index contributed by atoms with van der Waals surface area (Å²) in [5.74, 6) is -1.25. The van der Waals surface area contributed by atoms with Gasteiger partial charge >= 0.3 is 5.97 Å². The molecule has 0 aromatic heterocycles. The van der Waals surface area contributed by atoms with Crippen molar-refractivity contribution in [1.82, 2.24) is 0 Å². The number of esters is 1. The van der Waals surface area contributed by atoms with Gasteiger partial charge in [0, 0.05) is 29.6 Å². The van der Waals surface area contributed by atoms with Gasteiger partial charge in [0.05, 0.1) is 10.0 Å². The molecule has 0 fully saturated rings. The molecule has 0 aliphatic carbocycles. The highest BCUT2D eigenvalue weighted by atomic mass is 35.5. The fourth-order valence-corrected chi connectivity index (χ4v) is 3.23. The Balaban J connectivity index is 1.38. The smallest absolute Gasteiger partial charge is 0.306 e. The second-order valence-corrected chi connectivity index (χ2v) is 7.58. The number of halogens is 2. The first kappa shape index (κ1) is 22.6. The molecule has 3 aromatic carbocycles. The fraction of sp³-hybridized carbons (Fsp3) is 0.174. The first-order valence-corrected chi connectivity index (χ1v) is 10.4. The highest BCUT2D eigenvalue weighted by Gasteiger charge is 2.11. The van der Waals surface area contributed by atoms with E-state index in [0.29, 0.717) is 22.2 Å². The predicted octanol–water partition coefficient (Wildman–Crippen LogP) is 5.44. The second-order valence-electron chi connectivity index (χ2n) is 6.77. The van der Waals surface area contributed by atoms with Gasteiger partial charge in [0.15, 0.2) is 6.61 Å². The summed E-state index contributed by atoms with van der Waals surface area (Å²) in [5.41, 5.74) is 1.17. The molecule has 0 aliphatic heterocycles. The van der Waals surface area contributed by atoms with E-state index >= 15 is 0 Å². The Morgan fingerprint density at radius 3 is 2.39 bits per heavy atom. The number of nitrogens with one attached hydrogen (secondary N) is 2. The summed E-state index contributed by atoms with van der Waals surface area (Å²) in [6, 6.07) is 18.1. The van der Waals surface area contributed by atoms with Gasteiger partial charge in [-0.1, -0.05) is 59.6 Å². The largest absolute Gasteiger partial charge is 0.456 e. The van der Waals surface area contributed by atoms with Crippen molar-refractivity contribution in [2.45, 2.75) is 19.3 Å². The third kappa shape index (κ3) is 6.70. The van der Waals surface area contributed by atoms with Crippen molar-refractivity contribution in [2.75, 3.05) is 17.2 Å². The van der Waals surface area contributed by atoms with Crippen LogP contribution in [-0.2, 0) is 19.1 Å². The number of amides is 2. The van der Waals surface area contributed by atoms with Crippen molar-refractivity contribution in [3.8, 4) is 0 Å². The van der Waals surface area contributed by atoms with Gasteiger partial charge in [0.1, 0.15) is 0 Å². The number of benzene rings is 3. The van der Waals surface area contributed by atoms with E-state index in [1.54, 1.807) is 12.1 Å². The van der Waals surface area contributed by atoms with Gasteiger partial charge in [0.2, 0.25) is 5.91 Å². The molecule has 160 valence electrons. The van der Waals surface area contributed by atoms with Crippen molar-refractivity contribution < 1.29 is 19.1 Å². The average molecular weight is 459 g/mol. The Labute approximate surface area is 189 Å². The van der Waals surface area contributed by atoms with Crippen molar-refractivity contribution in [2.24, 2.45) is 0 Å². The number of ether oxygens (including phenoxy) is 1. The molecule has 6 nitrogen and oxygen atoms in total. The van der Waals surface area contributed by atoms with Gasteiger partial charge in [-0.15, -0.1) is 0 Å². The lowest BCUT2D eigenvalue weighted by Gasteiger charge is -2.09. The molecule has 31 heavy (non-hydrogen) atoms. The molecule has 0 radical (unpaired) electrons. The van der Waals surface area contributed by atoms with Gasteiger partial charge in [-0.3, -0.25) is 14.4 Å². The molecule has 0 heterocycles. The molecule has 0 atom stereocenters. The van der Waals surface area contributed by atoms with Crippen LogP contribution in [0.1, 0.15) is 19.3 Å². The lowest BCUT2D eigenvalue weighted by molar-refractivity contribution is -0.147. The lowest BCUT2D eigenvalue weighted by atomic mass is 10.1. The van der Waals surface area contributed by atoms with Gasteiger partial charge in [-0.25, -0.2) is 0 Å². The maximum atomic E-state index is 12.2. The predicted molar refractivity (Wildman–Crippen MR) is 122 cm³/mol. The van der Waals surface area contributed by atoms with Crippen LogP contribution in [-0.4, -0.2) is 24.4 Å². The lowest BCUT2D eigenvalue weighted by Crippen LogP contribution is -2.21. The summed E-state index contributed by atoms with van der Waals surface area (Å²) in [6.45, 7) is -0.429. The molecular formula is C23H20Cl2N2O4. The van der Waals surface area contributed by atoms with Crippen molar-refractivity contribution in [1.29, 1.82) is 0 Å². The number of carbonyl (C=O) groups excluding carboxylic acids is 3. The molecule has 0 bridgehead atoms. The fourth-order valence-electron chi connectivity index (χ4n) is 2.93. The quantitative estimate of drug-likeness (QED) is 0.440. The normalized spacial score (nSPS) is 10.5. The standard InChI is InChI=1S/C23H20Cl2N2O4/c24-18-12-11-16(13-19(18)25)26-22(29)14-31-23(30)10-4-9-21(28)27-20-8-3-6-15-5-1-2-7-17(15)20/h1-3,5-8,11-13H,4,9-10,14H2,(H,26,29)(H,27,28). The van der Waals surface area contributed by atoms with E-state index in [4.69, 9.17) is 27.9 Å². The van der Waals surface area contributed by atoms with Crippen LogP contribution in [0.15, 0.2) is 60.7 Å². The zero-order chi connectivity index (χ0) is 22.2. The zero-order valence-electron chi connectivity index (χ0n) is 16.5. The van der Waals surface area contributed by atoms with E-state index in [1.807, 2.05) is 42.5 Å². The van der Waals surface area contributed by atoms with Crippen LogP contribution in [0.25, 0.3) is 10.8 Å². The van der Waals surface area contributed by atoms with Gasteiger partial charge in [0.25, 0.3) is 5.91 Å². The van der Waals surface area contributed by atoms with E-state index in [2.05, 4.69) is 10.6 Å². The molecule has 2 amide bonds. The average Bonchev–Trinajstić information content (AvgIpc) is 2.75. The van der Waals surface area contributed by atoms with Crippen LogP contribution >= 0.6 is 23.2 Å². The Kier molecular flexibility index (Phi) is 7.87. The summed E-state index contributed by atoms with van der Waals surface area (Å²) in [5, 5.41) is 8.08. The van der Waals surface area contributed by atoms with Gasteiger partial charge < -0.3 is 15.4 Å². The summed E-state index contributed by atoms with van der Waals surface area (Å²) >= 11 is 11.7. The molecule has 0 saturated carbocycles. The number of anilines is 2. The summed E-state index contributed by atoms with van der Waals surface area (Å²) < 4.78 is 4.95. The molecule has 3 rings (SSSR count). The van der Waals surface area contributed by atoms with Crippen LogP contribution in [0, 0.1) is 0 Å². The summed E-state index contributed by atoms with van der Waals surface area (Å²) in [4.78, 5) is 35.9. The topological polar surface area (TPSA) is 84.5 Å². The van der Waals surface area contributed by atoms with E-state index in [-0.39, 0.29) is 18.7 Å². The first-order valence-electron chi connectivity index (χ1n) is 9.60. The SMILES string of the molecule is O=C(COC(=O)CCCC(=O)Nc1cccc2ccccc12)Nc1ccc(Cl)c(Cl)c1. The summed E-state index contributed by atoms with van der Waals surface area (Å²) in [7, 11) is 0. The first-order chi connectivity index (χ1) is 14.9. The molecule has 2 N–H and O–H groups in total. The van der Waals surface area contributed by atoms with Crippen LogP contribution in [0.4, 0.5) is 11.4 Å². The highest BCUT2D eigenvalue weighted by molar-refractivity contribution is 6.42. The molecule has 0 aliphatic rings. The van der Waals surface area contributed by atoms with Crippen molar-refractivity contribution in [3.05, 3.63) is 70.7 Å². The molecule has 0 unspecified atom stereocenters. The number of hydrogen-bond acceptors (Lipinski definition) is 4. The Morgan fingerprint density at radius 2 is 1.58 bits per heavy atom. The Morgan fingerprint density at radius 1 is 0.806 bits per heavy atom. The third-order valence-corrected chi connectivity index (χ3v) is 5.16. The van der Waals surface area contributed by atoms with E-state index < -0.39 is 18.5 Å². The maximum Gasteiger partial charge on any atom is 0.306 e. The van der Waals surface area contributed by atoms with E-state index in [0.717, 1.165) is 16.5 Å². The van der Waals surface area contributed by atoms with Gasteiger partial charge in [-0.2, -0.15) is 0 Å². The highest BCUT2D eigenvalue weighted by Crippen LogP contribution is 2.25. The van der Waals surface area contributed by atoms with Crippen LogP contribution in [0.3, 0.4) is 0 Å². The van der Waals surface area contributed by atoms with E-state index in [9.17, 15) is 14.4 Å². The van der Waals surface area contributed by atoms with Crippen molar-refractivity contribution in [3.63, 3.8) is 0 Å². The van der Waals surface area contributed by atoms with Crippen LogP contribution < -0.4 is 10.6 Å². The summed E-state index contributed by atoms with van der Waals surface area (Å²) in [6.07, 6.45) is 0.501. The van der Waals surface area contributed by atoms with E-state index in [1.165, 1.54) is 6.07 Å². The molecule has 8 heteroatoms. The molecule has 3 aromatic rings. The van der Waals surface area contributed by atoms with Crippen LogP contribution in [0.5, 0.6) is 0 Å². The zero-order valence-corrected chi connectivity index (χ0v) is 18.0. The monoisotopic (exact) mass is 458 g/mol. The molecule has 0 spiro atoms. The minimum atomic E-state index is -0.553. The number of rotatable bonds is 8. The minimum absolute atomic E-state index is 0.0308. The Bertz CT molecular complexity index is 1110. The Hall–Kier alpha value is -3.09. The third-order valence-electron chi connectivity index (χ3n) is 4.42. The number of hydrogen-bond donors (Lipinski definition) is 2. The van der Waals surface area contributed by atoms with Crippen molar-refractivity contribution >= 4 is 63.1 Å². The minimum Gasteiger partial charge on any atom is -0.456 e. The second kappa shape index (κ2) is 10.8. The maximum absolute atomic E-state index is 12.2. The van der Waals surface area contributed by atoms with Gasteiger partial charge in [-0.05, 0) is 36.1 Å². The number of carbonyl (C=O) groups is 3. The molecule has 0 saturated heterocycles. The number of fused-ring (bicyclic) bond motifs is 1. The molecular weight excluding hydrogens is 439 g/mol.